The fraction of sp³-hybridized carbons (Fsp3) is 0.375. The number of amides is 1. The number of nitrogens with zero attached hydrogens (tertiary/aromatic N) is 3. The summed E-state index contributed by atoms with van der Waals surface area (Å²) in [5.41, 5.74) is 2.99. The van der Waals surface area contributed by atoms with E-state index < -0.39 is 0 Å². The zero-order chi connectivity index (χ0) is 13.9. The van der Waals surface area contributed by atoms with Crippen LogP contribution in [0, 0.1) is 0 Å². The fourth-order valence-electron chi connectivity index (χ4n) is 2.79. The number of aromatic nitrogens is 2. The molecule has 1 aromatic carbocycles. The van der Waals surface area contributed by atoms with Crippen molar-refractivity contribution in [2.24, 2.45) is 0 Å². The van der Waals surface area contributed by atoms with E-state index in [-0.39, 0.29) is 5.91 Å². The zero-order valence-electron chi connectivity index (χ0n) is 11.7. The van der Waals surface area contributed by atoms with E-state index in [9.17, 15) is 4.79 Å². The number of fused-ring (bicyclic) bond motifs is 1. The maximum atomic E-state index is 12.8. The first-order chi connectivity index (χ1) is 9.81. The van der Waals surface area contributed by atoms with Crippen LogP contribution in [0.5, 0.6) is 0 Å². The van der Waals surface area contributed by atoms with Gasteiger partial charge in [-0.3, -0.25) is 9.48 Å². The van der Waals surface area contributed by atoms with Crippen molar-refractivity contribution in [1.82, 2.24) is 9.78 Å². The first-order valence-electron chi connectivity index (χ1n) is 7.23. The van der Waals surface area contributed by atoms with Gasteiger partial charge in [0.05, 0.1) is 0 Å². The first kappa shape index (κ1) is 12.9. The molecule has 0 aliphatic carbocycles. The second-order valence-electron chi connectivity index (χ2n) is 5.13. The smallest absolute Gasteiger partial charge is 0.276 e. The lowest BCUT2D eigenvalue weighted by molar-refractivity contribution is 0.0974. The van der Waals surface area contributed by atoms with E-state index in [4.69, 9.17) is 0 Å². The minimum absolute atomic E-state index is 0.0584. The quantitative estimate of drug-likeness (QED) is 0.859. The number of para-hydroxylation sites is 1. The van der Waals surface area contributed by atoms with Gasteiger partial charge in [-0.1, -0.05) is 25.1 Å². The average molecular weight is 269 g/mol. The van der Waals surface area contributed by atoms with Gasteiger partial charge in [-0.15, -0.1) is 0 Å². The topological polar surface area (TPSA) is 38.1 Å². The Hall–Kier alpha value is -2.10. The number of aryl methyl sites for hydroxylation is 2. The van der Waals surface area contributed by atoms with E-state index in [2.05, 4.69) is 18.1 Å². The van der Waals surface area contributed by atoms with Gasteiger partial charge in [-0.25, -0.2) is 0 Å². The maximum Gasteiger partial charge on any atom is 0.276 e. The summed E-state index contributed by atoms with van der Waals surface area (Å²) in [5.74, 6) is 0.0584. The fourth-order valence-corrected chi connectivity index (χ4v) is 2.79. The lowest BCUT2D eigenvalue weighted by Gasteiger charge is -2.29. The van der Waals surface area contributed by atoms with Crippen molar-refractivity contribution in [3.63, 3.8) is 0 Å². The predicted molar refractivity (Wildman–Crippen MR) is 79.0 cm³/mol. The molecule has 1 aromatic heterocycles. The van der Waals surface area contributed by atoms with Crippen LogP contribution < -0.4 is 4.90 Å². The van der Waals surface area contributed by atoms with Gasteiger partial charge in [-0.05, 0) is 37.0 Å². The number of carbonyl (C=O) groups is 1. The van der Waals surface area contributed by atoms with E-state index in [1.54, 1.807) is 10.9 Å². The molecule has 0 bridgehead atoms. The average Bonchev–Trinajstić information content (AvgIpc) is 2.94. The molecule has 0 unspecified atom stereocenters. The van der Waals surface area contributed by atoms with Crippen molar-refractivity contribution < 1.29 is 4.79 Å². The number of carbonyl (C=O) groups excluding carboxylic acids is 1. The summed E-state index contributed by atoms with van der Waals surface area (Å²) in [7, 11) is 0. The Morgan fingerprint density at radius 2 is 2.15 bits per heavy atom. The molecule has 1 aliphatic heterocycles. The second-order valence-corrected chi connectivity index (χ2v) is 5.13. The van der Waals surface area contributed by atoms with Crippen molar-refractivity contribution in [2.75, 3.05) is 11.4 Å². The van der Waals surface area contributed by atoms with Crippen molar-refractivity contribution in [2.45, 2.75) is 32.7 Å². The van der Waals surface area contributed by atoms with E-state index >= 15 is 0 Å². The molecule has 4 heteroatoms. The van der Waals surface area contributed by atoms with Crippen LogP contribution in [0.25, 0.3) is 0 Å². The molecule has 104 valence electrons. The van der Waals surface area contributed by atoms with Crippen LogP contribution in [0.1, 0.15) is 35.8 Å². The van der Waals surface area contributed by atoms with Crippen molar-refractivity contribution >= 4 is 11.6 Å². The molecule has 20 heavy (non-hydrogen) atoms. The highest BCUT2D eigenvalue weighted by Crippen LogP contribution is 2.28. The third-order valence-corrected chi connectivity index (χ3v) is 3.73. The van der Waals surface area contributed by atoms with Gasteiger partial charge < -0.3 is 4.90 Å². The lowest BCUT2D eigenvalue weighted by Crippen LogP contribution is -2.36. The zero-order valence-corrected chi connectivity index (χ0v) is 11.7. The van der Waals surface area contributed by atoms with Gasteiger partial charge in [0.1, 0.15) is 5.69 Å². The molecule has 0 spiro atoms. The summed E-state index contributed by atoms with van der Waals surface area (Å²) >= 11 is 0. The first-order valence-corrected chi connectivity index (χ1v) is 7.23. The molecule has 3 rings (SSSR count). The molecule has 0 radical (unpaired) electrons. The summed E-state index contributed by atoms with van der Waals surface area (Å²) < 4.78 is 1.81. The molecular formula is C16H19N3O. The van der Waals surface area contributed by atoms with E-state index in [0.717, 1.165) is 38.0 Å². The van der Waals surface area contributed by atoms with Gasteiger partial charge in [-0.2, -0.15) is 5.10 Å². The Bertz CT molecular complexity index is 618. The van der Waals surface area contributed by atoms with Crippen LogP contribution in [-0.2, 0) is 13.0 Å². The molecule has 1 aliphatic rings. The Balaban J connectivity index is 1.94. The molecule has 0 atom stereocenters. The molecule has 0 saturated carbocycles. The Labute approximate surface area is 119 Å². The highest BCUT2D eigenvalue weighted by Gasteiger charge is 2.25. The summed E-state index contributed by atoms with van der Waals surface area (Å²) in [6, 6.07) is 9.99. The van der Waals surface area contributed by atoms with Crippen molar-refractivity contribution in [1.29, 1.82) is 0 Å². The Morgan fingerprint density at radius 3 is 3.00 bits per heavy atom. The number of hydrogen-bond donors (Lipinski definition) is 0. The number of anilines is 1. The van der Waals surface area contributed by atoms with Gasteiger partial charge >= 0.3 is 0 Å². The SMILES string of the molecule is CCCn1nccc1C(=O)N1CCCc2ccccc21. The molecule has 0 fully saturated rings. The Morgan fingerprint density at radius 1 is 1.30 bits per heavy atom. The minimum atomic E-state index is 0.0584. The van der Waals surface area contributed by atoms with Gasteiger partial charge in [0.2, 0.25) is 0 Å². The van der Waals surface area contributed by atoms with Crippen molar-refractivity contribution in [3.8, 4) is 0 Å². The van der Waals surface area contributed by atoms with Crippen LogP contribution in [0.2, 0.25) is 0 Å². The summed E-state index contributed by atoms with van der Waals surface area (Å²) in [5, 5.41) is 4.25. The molecule has 0 N–H and O–H groups in total. The van der Waals surface area contributed by atoms with Crippen molar-refractivity contribution in [3.05, 3.63) is 47.8 Å². The third-order valence-electron chi connectivity index (χ3n) is 3.73. The van der Waals surface area contributed by atoms with E-state index in [1.807, 2.05) is 29.2 Å². The van der Waals surface area contributed by atoms with Crippen LogP contribution in [0.3, 0.4) is 0 Å². The normalized spacial score (nSPS) is 14.2. The summed E-state index contributed by atoms with van der Waals surface area (Å²) in [6.45, 7) is 3.66. The third kappa shape index (κ3) is 2.22. The van der Waals surface area contributed by atoms with Gasteiger partial charge in [0.25, 0.3) is 5.91 Å². The maximum absolute atomic E-state index is 12.8. The van der Waals surface area contributed by atoms with E-state index in [0.29, 0.717) is 5.69 Å². The molecule has 2 heterocycles. The minimum Gasteiger partial charge on any atom is -0.307 e. The van der Waals surface area contributed by atoms with Gasteiger partial charge in [0, 0.05) is 25.0 Å². The monoisotopic (exact) mass is 269 g/mol. The number of benzene rings is 1. The number of rotatable bonds is 3. The standard InChI is InChI=1S/C16H19N3O/c1-2-11-19-15(9-10-17-19)16(20)18-12-5-7-13-6-3-4-8-14(13)18/h3-4,6,8-10H,2,5,7,11-12H2,1H3. The number of hydrogen-bond acceptors (Lipinski definition) is 2. The molecule has 0 saturated heterocycles. The van der Waals surface area contributed by atoms with Crippen LogP contribution in [-0.4, -0.2) is 22.2 Å². The van der Waals surface area contributed by atoms with Gasteiger partial charge in [0.15, 0.2) is 0 Å². The highest BCUT2D eigenvalue weighted by atomic mass is 16.2. The van der Waals surface area contributed by atoms with Crippen LogP contribution in [0.4, 0.5) is 5.69 Å². The molecule has 1 amide bonds. The lowest BCUT2D eigenvalue weighted by atomic mass is 10.0. The molecule has 2 aromatic rings. The van der Waals surface area contributed by atoms with Crippen LogP contribution in [0.15, 0.2) is 36.5 Å². The van der Waals surface area contributed by atoms with Crippen LogP contribution >= 0.6 is 0 Å². The highest BCUT2D eigenvalue weighted by molar-refractivity contribution is 6.05. The summed E-state index contributed by atoms with van der Waals surface area (Å²) in [6.07, 6.45) is 4.75. The predicted octanol–water partition coefficient (Wildman–Crippen LogP) is 2.89. The van der Waals surface area contributed by atoms with E-state index in [1.165, 1.54) is 5.56 Å². The molecule has 4 nitrogen and oxygen atoms in total. The Kier molecular flexibility index (Phi) is 3.54. The largest absolute Gasteiger partial charge is 0.307 e. The molecular weight excluding hydrogens is 250 g/mol. The summed E-state index contributed by atoms with van der Waals surface area (Å²) in [4.78, 5) is 14.7. The second kappa shape index (κ2) is 5.49.